The third-order valence-corrected chi connectivity index (χ3v) is 3.32. The van der Waals surface area contributed by atoms with Gasteiger partial charge in [-0.05, 0) is 24.1 Å². The molecule has 0 fully saturated rings. The minimum Gasteiger partial charge on any atom is -0.333 e. The van der Waals surface area contributed by atoms with Gasteiger partial charge >= 0.3 is 0 Å². The Morgan fingerprint density at radius 3 is 3.05 bits per heavy atom. The maximum Gasteiger partial charge on any atom is 0.224 e. The predicted octanol–water partition coefficient (Wildman–Crippen LogP) is 1.84. The van der Waals surface area contributed by atoms with Crippen LogP contribution < -0.4 is 5.32 Å². The third kappa shape index (κ3) is 1.87. The number of fused-ring (bicyclic) bond motifs is 1. The van der Waals surface area contributed by atoms with Gasteiger partial charge in [0.2, 0.25) is 5.91 Å². The molecule has 1 amide bonds. The fourth-order valence-electron chi connectivity index (χ4n) is 2.38. The molecular formula is C14H12N4O. The van der Waals surface area contributed by atoms with Gasteiger partial charge < -0.3 is 9.88 Å². The summed E-state index contributed by atoms with van der Waals surface area (Å²) in [5.74, 6) is 0.0542. The molecule has 0 bridgehead atoms. The molecule has 2 heterocycles. The number of benzene rings is 1. The largest absolute Gasteiger partial charge is 0.333 e. The van der Waals surface area contributed by atoms with Crippen LogP contribution in [0.2, 0.25) is 0 Å². The number of nitrogens with zero attached hydrogens (tertiary/aromatic N) is 3. The normalized spacial score (nSPS) is 13.6. The number of nitriles is 1. The van der Waals surface area contributed by atoms with Gasteiger partial charge in [0.25, 0.3) is 0 Å². The molecule has 0 spiro atoms. The van der Waals surface area contributed by atoms with Gasteiger partial charge in [-0.25, -0.2) is 4.98 Å². The summed E-state index contributed by atoms with van der Waals surface area (Å²) in [5, 5.41) is 11.9. The second-order valence-electron chi connectivity index (χ2n) is 4.58. The Kier molecular flexibility index (Phi) is 2.57. The van der Waals surface area contributed by atoms with Crippen molar-refractivity contribution in [1.29, 1.82) is 5.26 Å². The van der Waals surface area contributed by atoms with E-state index in [-0.39, 0.29) is 5.91 Å². The Balaban J connectivity index is 2.10. The van der Waals surface area contributed by atoms with Gasteiger partial charge in [0.15, 0.2) is 5.69 Å². The maximum absolute atomic E-state index is 11.3. The predicted molar refractivity (Wildman–Crippen MR) is 70.3 cm³/mol. The van der Waals surface area contributed by atoms with Gasteiger partial charge in [0, 0.05) is 24.7 Å². The van der Waals surface area contributed by atoms with E-state index in [1.165, 1.54) is 0 Å². The SMILES string of the molecule is Cn1cnc(C#N)c1-c1ccc2c(c1)CCC(=O)N2. The average Bonchev–Trinajstić information content (AvgIpc) is 2.79. The van der Waals surface area contributed by atoms with Crippen LogP contribution in [-0.2, 0) is 18.3 Å². The summed E-state index contributed by atoms with van der Waals surface area (Å²) in [7, 11) is 1.87. The lowest BCUT2D eigenvalue weighted by Crippen LogP contribution is -2.18. The van der Waals surface area contributed by atoms with E-state index in [1.807, 2.05) is 29.8 Å². The van der Waals surface area contributed by atoms with Crippen LogP contribution in [-0.4, -0.2) is 15.5 Å². The number of aryl methyl sites for hydroxylation is 2. The van der Waals surface area contributed by atoms with E-state index in [2.05, 4.69) is 16.4 Å². The third-order valence-electron chi connectivity index (χ3n) is 3.32. The minimum atomic E-state index is 0.0542. The molecule has 5 heteroatoms. The van der Waals surface area contributed by atoms with E-state index in [9.17, 15) is 4.79 Å². The first-order valence-corrected chi connectivity index (χ1v) is 6.03. The zero-order valence-corrected chi connectivity index (χ0v) is 10.5. The van der Waals surface area contributed by atoms with Gasteiger partial charge in [-0.2, -0.15) is 5.26 Å². The van der Waals surface area contributed by atoms with Gasteiger partial charge in [0.05, 0.1) is 12.0 Å². The van der Waals surface area contributed by atoms with Crippen LogP contribution in [0, 0.1) is 11.3 Å². The molecule has 94 valence electrons. The number of carbonyl (C=O) groups excluding carboxylic acids is 1. The van der Waals surface area contributed by atoms with E-state index in [4.69, 9.17) is 5.26 Å². The van der Waals surface area contributed by atoms with Crippen molar-refractivity contribution in [2.45, 2.75) is 12.8 Å². The summed E-state index contributed by atoms with van der Waals surface area (Å²) in [6.07, 6.45) is 2.87. The van der Waals surface area contributed by atoms with Crippen LogP contribution >= 0.6 is 0 Å². The maximum atomic E-state index is 11.3. The van der Waals surface area contributed by atoms with Crippen LogP contribution in [0.1, 0.15) is 17.7 Å². The lowest BCUT2D eigenvalue weighted by Gasteiger charge is -2.17. The van der Waals surface area contributed by atoms with Crippen LogP contribution in [0.3, 0.4) is 0 Å². The molecule has 0 saturated carbocycles. The van der Waals surface area contributed by atoms with Crippen molar-refractivity contribution in [3.05, 3.63) is 35.8 Å². The van der Waals surface area contributed by atoms with Gasteiger partial charge in [-0.15, -0.1) is 0 Å². The van der Waals surface area contributed by atoms with Crippen molar-refractivity contribution in [3.8, 4) is 17.3 Å². The van der Waals surface area contributed by atoms with E-state index in [0.29, 0.717) is 12.1 Å². The standard InChI is InChI=1S/C14H12N4O/c1-18-8-16-12(7-15)14(18)10-2-4-11-9(6-10)3-5-13(19)17-11/h2,4,6,8H,3,5H2,1H3,(H,17,19). The summed E-state index contributed by atoms with van der Waals surface area (Å²) in [6.45, 7) is 0. The topological polar surface area (TPSA) is 70.7 Å². The first-order valence-electron chi connectivity index (χ1n) is 6.03. The van der Waals surface area contributed by atoms with Crippen LogP contribution in [0.15, 0.2) is 24.5 Å². The molecule has 1 aliphatic rings. The quantitative estimate of drug-likeness (QED) is 0.841. The molecule has 1 aromatic heterocycles. The highest BCUT2D eigenvalue weighted by atomic mass is 16.1. The Morgan fingerprint density at radius 2 is 2.26 bits per heavy atom. The van der Waals surface area contributed by atoms with E-state index in [0.717, 1.165) is 28.9 Å². The molecule has 5 nitrogen and oxygen atoms in total. The molecule has 0 unspecified atom stereocenters. The van der Waals surface area contributed by atoms with Crippen molar-refractivity contribution < 1.29 is 4.79 Å². The second kappa shape index (κ2) is 4.25. The molecular weight excluding hydrogens is 240 g/mol. The number of hydrogen-bond donors (Lipinski definition) is 1. The zero-order chi connectivity index (χ0) is 13.4. The molecule has 3 rings (SSSR count). The van der Waals surface area contributed by atoms with Gasteiger partial charge in [-0.1, -0.05) is 6.07 Å². The summed E-state index contributed by atoms with van der Waals surface area (Å²) < 4.78 is 1.84. The molecule has 2 aromatic rings. The number of aromatic nitrogens is 2. The Labute approximate surface area is 110 Å². The van der Waals surface area contributed by atoms with Crippen LogP contribution in [0.25, 0.3) is 11.3 Å². The summed E-state index contributed by atoms with van der Waals surface area (Å²) in [6, 6.07) is 7.91. The Morgan fingerprint density at radius 1 is 1.42 bits per heavy atom. The summed E-state index contributed by atoms with van der Waals surface area (Å²) >= 11 is 0. The molecule has 1 aromatic carbocycles. The smallest absolute Gasteiger partial charge is 0.224 e. The Bertz CT molecular complexity index is 709. The van der Waals surface area contributed by atoms with Crippen molar-refractivity contribution in [2.75, 3.05) is 5.32 Å². The summed E-state index contributed by atoms with van der Waals surface area (Å²) in [4.78, 5) is 15.4. The molecule has 0 aliphatic carbocycles. The fraction of sp³-hybridized carbons (Fsp3) is 0.214. The molecule has 0 saturated heterocycles. The lowest BCUT2D eigenvalue weighted by atomic mass is 9.98. The number of imidazole rings is 1. The molecule has 0 atom stereocenters. The summed E-state index contributed by atoms with van der Waals surface area (Å²) in [5.41, 5.74) is 4.14. The van der Waals surface area contributed by atoms with Crippen molar-refractivity contribution in [2.24, 2.45) is 7.05 Å². The van der Waals surface area contributed by atoms with E-state index in [1.54, 1.807) is 6.33 Å². The highest BCUT2D eigenvalue weighted by Crippen LogP contribution is 2.29. The number of carbonyl (C=O) groups is 1. The zero-order valence-electron chi connectivity index (χ0n) is 10.5. The van der Waals surface area contributed by atoms with Gasteiger partial charge in [-0.3, -0.25) is 4.79 Å². The highest BCUT2D eigenvalue weighted by Gasteiger charge is 2.17. The number of hydrogen-bond acceptors (Lipinski definition) is 3. The minimum absolute atomic E-state index is 0.0542. The number of anilines is 1. The molecule has 1 aliphatic heterocycles. The molecule has 1 N–H and O–H groups in total. The van der Waals surface area contributed by atoms with Gasteiger partial charge in [0.1, 0.15) is 6.07 Å². The lowest BCUT2D eigenvalue weighted by molar-refractivity contribution is -0.116. The van der Waals surface area contributed by atoms with E-state index >= 15 is 0 Å². The first-order chi connectivity index (χ1) is 9.19. The molecule has 0 radical (unpaired) electrons. The number of amides is 1. The van der Waals surface area contributed by atoms with Crippen molar-refractivity contribution >= 4 is 11.6 Å². The number of rotatable bonds is 1. The average molecular weight is 252 g/mol. The molecule has 19 heavy (non-hydrogen) atoms. The highest BCUT2D eigenvalue weighted by molar-refractivity contribution is 5.94. The first kappa shape index (κ1) is 11.5. The van der Waals surface area contributed by atoms with Crippen LogP contribution in [0.5, 0.6) is 0 Å². The monoisotopic (exact) mass is 252 g/mol. The fourth-order valence-corrected chi connectivity index (χ4v) is 2.38. The van der Waals surface area contributed by atoms with Crippen LogP contribution in [0.4, 0.5) is 5.69 Å². The second-order valence-corrected chi connectivity index (χ2v) is 4.58. The Hall–Kier alpha value is -2.61. The van der Waals surface area contributed by atoms with Crippen molar-refractivity contribution in [3.63, 3.8) is 0 Å². The number of nitrogens with one attached hydrogen (secondary N) is 1. The van der Waals surface area contributed by atoms with E-state index < -0.39 is 0 Å². The van der Waals surface area contributed by atoms with Crippen molar-refractivity contribution in [1.82, 2.24) is 9.55 Å².